The molecule has 0 bridgehead atoms. The van der Waals surface area contributed by atoms with Crippen LogP contribution in [0, 0.1) is 0 Å². The summed E-state index contributed by atoms with van der Waals surface area (Å²) in [6, 6.07) is 6.48. The number of nitrogen functional groups attached to an aromatic ring is 1. The van der Waals surface area contributed by atoms with Gasteiger partial charge in [-0.05, 0) is 37.5 Å². The highest BCUT2D eigenvalue weighted by Gasteiger charge is 2.28. The molecule has 1 aliphatic carbocycles. The molecule has 5 heteroatoms. The summed E-state index contributed by atoms with van der Waals surface area (Å²) in [6.07, 6.45) is 3.52. The van der Waals surface area contributed by atoms with Crippen LogP contribution in [0.15, 0.2) is 22.6 Å². The number of benzene rings is 1. The lowest BCUT2D eigenvalue weighted by molar-refractivity contribution is 0.277. The molecule has 1 fully saturated rings. The molecule has 1 heterocycles. The number of aliphatic hydroxyl groups is 1. The molecule has 0 amide bonds. The van der Waals surface area contributed by atoms with E-state index in [-0.39, 0.29) is 6.61 Å². The van der Waals surface area contributed by atoms with E-state index < -0.39 is 0 Å². The molecule has 3 rings (SSSR count). The van der Waals surface area contributed by atoms with E-state index in [1.807, 2.05) is 6.07 Å². The van der Waals surface area contributed by atoms with Gasteiger partial charge in [-0.2, -0.15) is 4.98 Å². The van der Waals surface area contributed by atoms with E-state index in [1.54, 1.807) is 12.1 Å². The minimum absolute atomic E-state index is 0.108. The van der Waals surface area contributed by atoms with Gasteiger partial charge in [0, 0.05) is 18.3 Å². The molecule has 3 N–H and O–H groups in total. The van der Waals surface area contributed by atoms with Gasteiger partial charge in [0.15, 0.2) is 5.58 Å². The van der Waals surface area contributed by atoms with Crippen molar-refractivity contribution >= 4 is 22.8 Å². The number of aliphatic hydroxyl groups excluding tert-OH is 1. The number of hydrogen-bond acceptors (Lipinski definition) is 5. The molecule has 18 heavy (non-hydrogen) atoms. The molecule has 0 saturated heterocycles. The van der Waals surface area contributed by atoms with Gasteiger partial charge in [0.05, 0.1) is 6.61 Å². The van der Waals surface area contributed by atoms with Gasteiger partial charge in [0.2, 0.25) is 0 Å². The second kappa shape index (κ2) is 4.49. The minimum atomic E-state index is 0.108. The number of nitrogens with zero attached hydrogens (tertiary/aromatic N) is 2. The van der Waals surface area contributed by atoms with E-state index in [9.17, 15) is 0 Å². The van der Waals surface area contributed by atoms with Crippen molar-refractivity contribution in [2.45, 2.75) is 25.3 Å². The molecule has 0 radical (unpaired) electrons. The maximum Gasteiger partial charge on any atom is 0.298 e. The van der Waals surface area contributed by atoms with Gasteiger partial charge in [0.25, 0.3) is 6.01 Å². The third-order valence-electron chi connectivity index (χ3n) is 3.50. The van der Waals surface area contributed by atoms with Gasteiger partial charge >= 0.3 is 0 Å². The standard InChI is InChI=1S/C13H17N3O2/c14-9-4-5-12-11(8-9)15-13(18-12)16(6-7-17)10-2-1-3-10/h4-5,8,10,17H,1-3,6-7,14H2. The van der Waals surface area contributed by atoms with Crippen LogP contribution >= 0.6 is 0 Å². The van der Waals surface area contributed by atoms with Gasteiger partial charge in [-0.3, -0.25) is 0 Å². The Bertz CT molecular complexity index is 548. The largest absolute Gasteiger partial charge is 0.423 e. The molecule has 1 aliphatic rings. The van der Waals surface area contributed by atoms with E-state index in [4.69, 9.17) is 15.3 Å². The summed E-state index contributed by atoms with van der Waals surface area (Å²) in [4.78, 5) is 6.52. The first kappa shape index (κ1) is 11.3. The molecule has 5 nitrogen and oxygen atoms in total. The summed E-state index contributed by atoms with van der Waals surface area (Å²) >= 11 is 0. The fraction of sp³-hybridized carbons (Fsp3) is 0.462. The molecule has 0 atom stereocenters. The fourth-order valence-corrected chi connectivity index (χ4v) is 2.30. The topological polar surface area (TPSA) is 75.5 Å². The second-order valence-electron chi connectivity index (χ2n) is 4.73. The Kier molecular flexibility index (Phi) is 2.83. The predicted octanol–water partition coefficient (Wildman–Crippen LogP) is 1.76. The van der Waals surface area contributed by atoms with Gasteiger partial charge in [0.1, 0.15) is 5.52 Å². The van der Waals surface area contributed by atoms with Gasteiger partial charge < -0.3 is 20.2 Å². The van der Waals surface area contributed by atoms with Crippen LogP contribution in [0.25, 0.3) is 11.1 Å². The molecule has 2 aromatic rings. The minimum Gasteiger partial charge on any atom is -0.423 e. The third-order valence-corrected chi connectivity index (χ3v) is 3.50. The van der Waals surface area contributed by atoms with Crippen molar-refractivity contribution < 1.29 is 9.52 Å². The first-order valence-electron chi connectivity index (χ1n) is 6.31. The summed E-state index contributed by atoms with van der Waals surface area (Å²) in [5.74, 6) is 0. The molecule has 0 aliphatic heterocycles. The monoisotopic (exact) mass is 247 g/mol. The lowest BCUT2D eigenvalue weighted by Gasteiger charge is -2.36. The molecule has 1 saturated carbocycles. The molecule has 1 aromatic carbocycles. The number of aromatic nitrogens is 1. The van der Waals surface area contributed by atoms with E-state index in [1.165, 1.54) is 6.42 Å². The predicted molar refractivity (Wildman–Crippen MR) is 70.5 cm³/mol. The summed E-state index contributed by atoms with van der Waals surface area (Å²) in [5.41, 5.74) is 7.92. The van der Waals surface area contributed by atoms with Gasteiger partial charge in [-0.1, -0.05) is 0 Å². The Balaban J connectivity index is 1.95. The fourth-order valence-electron chi connectivity index (χ4n) is 2.30. The van der Waals surface area contributed by atoms with Crippen LogP contribution in [-0.2, 0) is 0 Å². The van der Waals surface area contributed by atoms with E-state index in [2.05, 4.69) is 9.88 Å². The molecule has 96 valence electrons. The maximum atomic E-state index is 9.15. The summed E-state index contributed by atoms with van der Waals surface area (Å²) < 4.78 is 5.74. The van der Waals surface area contributed by atoms with Crippen molar-refractivity contribution in [2.75, 3.05) is 23.8 Å². The van der Waals surface area contributed by atoms with Crippen molar-refractivity contribution in [2.24, 2.45) is 0 Å². The van der Waals surface area contributed by atoms with Crippen LogP contribution in [0.2, 0.25) is 0 Å². The lowest BCUT2D eigenvalue weighted by atomic mass is 9.92. The highest BCUT2D eigenvalue weighted by atomic mass is 16.4. The van der Waals surface area contributed by atoms with Crippen molar-refractivity contribution in [1.82, 2.24) is 4.98 Å². The Hall–Kier alpha value is -1.75. The quantitative estimate of drug-likeness (QED) is 0.805. The number of oxazole rings is 1. The Morgan fingerprint density at radius 2 is 2.28 bits per heavy atom. The Labute approximate surface area is 105 Å². The Morgan fingerprint density at radius 3 is 2.94 bits per heavy atom. The number of fused-ring (bicyclic) bond motifs is 1. The molecule has 0 unspecified atom stereocenters. The number of nitrogens with two attached hydrogens (primary N) is 1. The van der Waals surface area contributed by atoms with Crippen molar-refractivity contribution in [3.63, 3.8) is 0 Å². The Morgan fingerprint density at radius 1 is 1.44 bits per heavy atom. The highest BCUT2D eigenvalue weighted by Crippen LogP contribution is 2.31. The summed E-state index contributed by atoms with van der Waals surface area (Å²) in [7, 11) is 0. The van der Waals surface area contributed by atoms with Crippen LogP contribution in [0.4, 0.5) is 11.7 Å². The first-order valence-corrected chi connectivity index (χ1v) is 6.31. The van der Waals surface area contributed by atoms with Crippen LogP contribution in [-0.4, -0.2) is 29.3 Å². The maximum absolute atomic E-state index is 9.15. The van der Waals surface area contributed by atoms with Crippen molar-refractivity contribution in [3.8, 4) is 0 Å². The normalized spacial score (nSPS) is 15.8. The molecular formula is C13H17N3O2. The number of rotatable bonds is 4. The van der Waals surface area contributed by atoms with Crippen molar-refractivity contribution in [3.05, 3.63) is 18.2 Å². The molecular weight excluding hydrogens is 230 g/mol. The second-order valence-corrected chi connectivity index (χ2v) is 4.73. The summed E-state index contributed by atoms with van der Waals surface area (Å²) in [5, 5.41) is 9.15. The van der Waals surface area contributed by atoms with E-state index in [0.29, 0.717) is 24.3 Å². The van der Waals surface area contributed by atoms with E-state index >= 15 is 0 Å². The van der Waals surface area contributed by atoms with Crippen molar-refractivity contribution in [1.29, 1.82) is 0 Å². The first-order chi connectivity index (χ1) is 8.78. The zero-order chi connectivity index (χ0) is 12.5. The van der Waals surface area contributed by atoms with Gasteiger partial charge in [-0.15, -0.1) is 0 Å². The van der Waals surface area contributed by atoms with Crippen LogP contribution in [0.3, 0.4) is 0 Å². The smallest absolute Gasteiger partial charge is 0.298 e. The molecule has 1 aromatic heterocycles. The van der Waals surface area contributed by atoms with E-state index in [0.717, 1.165) is 23.9 Å². The number of hydrogen-bond donors (Lipinski definition) is 2. The molecule has 0 spiro atoms. The lowest BCUT2D eigenvalue weighted by Crippen LogP contribution is -2.42. The average Bonchev–Trinajstić information content (AvgIpc) is 2.68. The van der Waals surface area contributed by atoms with Crippen LogP contribution in [0.5, 0.6) is 0 Å². The highest BCUT2D eigenvalue weighted by molar-refractivity contribution is 5.78. The zero-order valence-electron chi connectivity index (χ0n) is 10.2. The van der Waals surface area contributed by atoms with Gasteiger partial charge in [-0.25, -0.2) is 0 Å². The van der Waals surface area contributed by atoms with Crippen LogP contribution in [0.1, 0.15) is 19.3 Å². The SMILES string of the molecule is Nc1ccc2oc(N(CCO)C3CCC3)nc2c1. The third kappa shape index (κ3) is 1.90. The van der Waals surface area contributed by atoms with Crippen LogP contribution < -0.4 is 10.6 Å². The average molecular weight is 247 g/mol. The number of anilines is 2. The summed E-state index contributed by atoms with van der Waals surface area (Å²) in [6.45, 7) is 0.671. The zero-order valence-corrected chi connectivity index (χ0v) is 10.2.